The molecule has 4 nitrogen and oxygen atoms in total. The van der Waals surface area contributed by atoms with Crippen LogP contribution in [0.15, 0.2) is 54.9 Å². The number of aromatic nitrogens is 2. The van der Waals surface area contributed by atoms with E-state index in [1.54, 1.807) is 6.07 Å². The summed E-state index contributed by atoms with van der Waals surface area (Å²) in [4.78, 5) is 8.05. The largest absolute Gasteiger partial charge is 0.382 e. The first-order valence-electron chi connectivity index (χ1n) is 9.90. The Morgan fingerprint density at radius 3 is 2.31 bits per heavy atom. The zero-order valence-corrected chi connectivity index (χ0v) is 17.3. The standard InChI is InChI=1S/C17H14FN3S.C6H13N/c18-15-7-11(13-4-2-1-3-12(13)10-22)5-6-14(15)16-8-21-17(19)9-20-16;7-6-4-2-1-3-5-6/h1-9,22H,10H2,(H2,19,21);6H,1-5,7H2. The van der Waals surface area contributed by atoms with E-state index in [0.717, 1.165) is 16.7 Å². The minimum absolute atomic E-state index is 0.309. The molecule has 29 heavy (non-hydrogen) atoms. The van der Waals surface area contributed by atoms with Crippen LogP contribution in [-0.4, -0.2) is 16.0 Å². The van der Waals surface area contributed by atoms with Crippen LogP contribution in [0.3, 0.4) is 0 Å². The molecule has 2 aromatic carbocycles. The Balaban J connectivity index is 0.000000290. The van der Waals surface area contributed by atoms with Gasteiger partial charge in [0.2, 0.25) is 0 Å². The van der Waals surface area contributed by atoms with Crippen molar-refractivity contribution >= 4 is 18.4 Å². The molecule has 0 atom stereocenters. The van der Waals surface area contributed by atoms with E-state index in [9.17, 15) is 4.39 Å². The zero-order valence-electron chi connectivity index (χ0n) is 16.4. The maximum atomic E-state index is 14.4. The van der Waals surface area contributed by atoms with Crippen LogP contribution in [0.2, 0.25) is 0 Å². The van der Waals surface area contributed by atoms with Crippen molar-refractivity contribution in [3.05, 3.63) is 66.2 Å². The molecule has 0 bridgehead atoms. The first kappa shape index (κ1) is 21.3. The van der Waals surface area contributed by atoms with Crippen molar-refractivity contribution in [3.8, 4) is 22.4 Å². The number of hydrogen-bond acceptors (Lipinski definition) is 5. The molecule has 3 aromatic rings. The van der Waals surface area contributed by atoms with Gasteiger partial charge in [-0.15, -0.1) is 0 Å². The molecule has 1 aromatic heterocycles. The number of hydrogen-bond donors (Lipinski definition) is 3. The molecule has 0 aliphatic heterocycles. The fourth-order valence-electron chi connectivity index (χ4n) is 3.44. The third-order valence-corrected chi connectivity index (χ3v) is 5.41. The van der Waals surface area contributed by atoms with Gasteiger partial charge in [0, 0.05) is 17.4 Å². The van der Waals surface area contributed by atoms with Gasteiger partial charge < -0.3 is 11.5 Å². The predicted octanol–water partition coefficient (Wildman–Crippen LogP) is 5.24. The number of thiol groups is 1. The Bertz CT molecular complexity index is 924. The number of nitrogens with zero attached hydrogens (tertiary/aromatic N) is 2. The number of anilines is 1. The quantitative estimate of drug-likeness (QED) is 0.516. The summed E-state index contributed by atoms with van der Waals surface area (Å²) in [5, 5.41) is 0. The summed E-state index contributed by atoms with van der Waals surface area (Å²) in [6.07, 6.45) is 9.55. The summed E-state index contributed by atoms with van der Waals surface area (Å²) in [6, 6.07) is 13.5. The van der Waals surface area contributed by atoms with Crippen LogP contribution in [0, 0.1) is 5.82 Å². The highest BCUT2D eigenvalue weighted by Gasteiger charge is 2.10. The van der Waals surface area contributed by atoms with Gasteiger partial charge in [0.05, 0.1) is 18.1 Å². The van der Waals surface area contributed by atoms with Crippen molar-refractivity contribution in [1.82, 2.24) is 9.97 Å². The molecule has 4 rings (SSSR count). The van der Waals surface area contributed by atoms with E-state index in [-0.39, 0.29) is 5.82 Å². The van der Waals surface area contributed by atoms with Gasteiger partial charge in [-0.25, -0.2) is 9.37 Å². The Morgan fingerprint density at radius 2 is 1.72 bits per heavy atom. The van der Waals surface area contributed by atoms with Crippen LogP contribution < -0.4 is 11.5 Å². The van der Waals surface area contributed by atoms with E-state index in [2.05, 4.69) is 22.6 Å². The Morgan fingerprint density at radius 1 is 0.966 bits per heavy atom. The smallest absolute Gasteiger partial charge is 0.141 e. The number of nitrogens with two attached hydrogens (primary N) is 2. The van der Waals surface area contributed by atoms with Crippen molar-refractivity contribution < 1.29 is 4.39 Å². The third-order valence-electron chi connectivity index (χ3n) is 5.07. The van der Waals surface area contributed by atoms with Crippen LogP contribution >= 0.6 is 12.6 Å². The number of rotatable bonds is 3. The van der Waals surface area contributed by atoms with E-state index in [0.29, 0.717) is 28.9 Å². The molecular formula is C23H27FN4S. The normalized spacial score (nSPS) is 14.2. The Labute approximate surface area is 177 Å². The van der Waals surface area contributed by atoms with Crippen LogP contribution in [0.5, 0.6) is 0 Å². The molecular weight excluding hydrogens is 383 g/mol. The molecule has 1 saturated carbocycles. The van der Waals surface area contributed by atoms with Crippen molar-refractivity contribution in [1.29, 1.82) is 0 Å². The Hall–Kier alpha value is -2.44. The van der Waals surface area contributed by atoms with Crippen molar-refractivity contribution in [2.24, 2.45) is 5.73 Å². The van der Waals surface area contributed by atoms with Crippen molar-refractivity contribution in [2.75, 3.05) is 5.73 Å². The lowest BCUT2D eigenvalue weighted by molar-refractivity contribution is 0.441. The summed E-state index contributed by atoms with van der Waals surface area (Å²) in [7, 11) is 0. The minimum atomic E-state index is -0.342. The molecule has 0 spiro atoms. The van der Waals surface area contributed by atoms with E-state index in [1.165, 1.54) is 50.6 Å². The first-order chi connectivity index (χ1) is 14.1. The predicted molar refractivity (Wildman–Crippen MR) is 121 cm³/mol. The highest BCUT2D eigenvalue weighted by atomic mass is 32.1. The summed E-state index contributed by atoms with van der Waals surface area (Å²) in [5.74, 6) is 0.567. The molecule has 152 valence electrons. The molecule has 0 unspecified atom stereocenters. The van der Waals surface area contributed by atoms with Crippen molar-refractivity contribution in [2.45, 2.75) is 43.9 Å². The van der Waals surface area contributed by atoms with Gasteiger partial charge in [-0.1, -0.05) is 49.6 Å². The van der Waals surface area contributed by atoms with Gasteiger partial charge in [0.25, 0.3) is 0 Å². The lowest BCUT2D eigenvalue weighted by Gasteiger charge is -2.15. The zero-order chi connectivity index (χ0) is 20.6. The average Bonchev–Trinajstić information content (AvgIpc) is 2.75. The van der Waals surface area contributed by atoms with E-state index in [4.69, 9.17) is 11.5 Å². The van der Waals surface area contributed by atoms with Crippen LogP contribution in [0.1, 0.15) is 37.7 Å². The van der Waals surface area contributed by atoms with E-state index < -0.39 is 0 Å². The monoisotopic (exact) mass is 410 g/mol. The van der Waals surface area contributed by atoms with Crippen LogP contribution in [-0.2, 0) is 5.75 Å². The van der Waals surface area contributed by atoms with Crippen LogP contribution in [0.25, 0.3) is 22.4 Å². The molecule has 1 heterocycles. The average molecular weight is 411 g/mol. The number of nitrogen functional groups attached to an aromatic ring is 1. The molecule has 0 radical (unpaired) electrons. The number of halogens is 1. The SMILES string of the molecule is NC1CCCCC1.Nc1cnc(-c2ccc(-c3ccccc3CS)cc2F)cn1. The maximum absolute atomic E-state index is 14.4. The molecule has 1 aliphatic carbocycles. The summed E-state index contributed by atoms with van der Waals surface area (Å²) >= 11 is 4.32. The molecule has 4 N–H and O–H groups in total. The second kappa shape index (κ2) is 10.4. The molecule has 1 fully saturated rings. The third kappa shape index (κ3) is 5.78. The number of benzene rings is 2. The highest BCUT2D eigenvalue weighted by Crippen LogP contribution is 2.29. The van der Waals surface area contributed by atoms with Gasteiger partial charge in [0.1, 0.15) is 11.6 Å². The van der Waals surface area contributed by atoms with Gasteiger partial charge >= 0.3 is 0 Å². The fourth-order valence-corrected chi connectivity index (χ4v) is 3.72. The second-order valence-electron chi connectivity index (χ2n) is 7.23. The van der Waals surface area contributed by atoms with Crippen molar-refractivity contribution in [3.63, 3.8) is 0 Å². The van der Waals surface area contributed by atoms with E-state index in [1.807, 2.05) is 30.3 Å². The lowest BCUT2D eigenvalue weighted by atomic mass is 9.97. The second-order valence-corrected chi connectivity index (χ2v) is 7.55. The van der Waals surface area contributed by atoms with Crippen LogP contribution in [0.4, 0.5) is 10.2 Å². The highest BCUT2D eigenvalue weighted by molar-refractivity contribution is 7.79. The van der Waals surface area contributed by atoms with E-state index >= 15 is 0 Å². The van der Waals surface area contributed by atoms with Gasteiger partial charge in [0.15, 0.2) is 0 Å². The summed E-state index contributed by atoms with van der Waals surface area (Å²) in [6.45, 7) is 0. The maximum Gasteiger partial charge on any atom is 0.141 e. The first-order valence-corrected chi connectivity index (χ1v) is 10.5. The van der Waals surface area contributed by atoms with Gasteiger partial charge in [-0.3, -0.25) is 4.98 Å². The lowest BCUT2D eigenvalue weighted by Crippen LogP contribution is -2.22. The molecule has 6 heteroatoms. The fraction of sp³-hybridized carbons (Fsp3) is 0.304. The van der Waals surface area contributed by atoms with Gasteiger partial charge in [-0.2, -0.15) is 12.6 Å². The molecule has 1 aliphatic rings. The minimum Gasteiger partial charge on any atom is -0.382 e. The molecule has 0 saturated heterocycles. The summed E-state index contributed by atoms with van der Waals surface area (Å²) in [5.41, 5.74) is 14.8. The van der Waals surface area contributed by atoms with Gasteiger partial charge in [-0.05, 0) is 41.7 Å². The molecule has 0 amide bonds. The summed E-state index contributed by atoms with van der Waals surface area (Å²) < 4.78 is 14.4. The topological polar surface area (TPSA) is 77.8 Å². The Kier molecular flexibility index (Phi) is 7.61.